The van der Waals surface area contributed by atoms with Crippen molar-refractivity contribution >= 4 is 61.0 Å². The summed E-state index contributed by atoms with van der Waals surface area (Å²) in [5.41, 5.74) is -0.00701. The molecule has 5 N–H and O–H groups in total. The number of hydrogen-bond donors (Lipinski definition) is 5. The van der Waals surface area contributed by atoms with Crippen molar-refractivity contribution in [1.82, 2.24) is 29.1 Å². The molecule has 3 fully saturated rings. The van der Waals surface area contributed by atoms with E-state index in [1.165, 1.54) is 27.6 Å². The Morgan fingerprint density at radius 2 is 1.40 bits per heavy atom. The number of aliphatic hydroxyl groups excluding tert-OH is 2. The lowest BCUT2D eigenvalue weighted by Gasteiger charge is -2.26. The summed E-state index contributed by atoms with van der Waals surface area (Å²) in [7, 11) is -10.1. The van der Waals surface area contributed by atoms with Crippen molar-refractivity contribution < 1.29 is 56.7 Å². The zero-order chi connectivity index (χ0) is 31.8. The fraction of sp³-hybridized carbons (Fsp3) is 0.455. The van der Waals surface area contributed by atoms with E-state index in [0.29, 0.717) is 11.0 Å². The van der Waals surface area contributed by atoms with E-state index < -0.39 is 83.5 Å². The van der Waals surface area contributed by atoms with Crippen molar-refractivity contribution in [1.29, 1.82) is 0 Å². The molecule has 7 rings (SSSR count). The number of nitrogens with zero attached hydrogens (tertiary/aromatic N) is 5. The molecule has 0 amide bonds. The third kappa shape index (κ3) is 5.66. The molecule has 4 aromatic rings. The summed E-state index contributed by atoms with van der Waals surface area (Å²) in [6, 6.07) is 2.93. The molecule has 242 valence electrons. The molecule has 3 aliphatic rings. The predicted molar refractivity (Wildman–Crippen MR) is 149 cm³/mol. The molecule has 4 unspecified atom stereocenters. The highest BCUT2D eigenvalue weighted by Crippen LogP contribution is 2.53. The predicted octanol–water partition coefficient (Wildman–Crippen LogP) is 1.01. The highest BCUT2D eigenvalue weighted by Gasteiger charge is 2.53. The number of ether oxygens (including phenoxy) is 2. The molecule has 45 heavy (non-hydrogen) atoms. The summed E-state index contributed by atoms with van der Waals surface area (Å²) in [6.45, 7) is -1.59. The number of halogens is 2. The van der Waals surface area contributed by atoms with E-state index in [4.69, 9.17) is 50.8 Å². The Bertz CT molecular complexity index is 1940. The fourth-order valence-corrected chi connectivity index (χ4v) is 7.55. The summed E-state index contributed by atoms with van der Waals surface area (Å²) in [5.74, 6) is 0. The number of rotatable bonds is 2. The topological polar surface area (TPSA) is 252 Å². The molecule has 0 spiro atoms. The van der Waals surface area contributed by atoms with Gasteiger partial charge < -0.3 is 39.0 Å². The summed E-state index contributed by atoms with van der Waals surface area (Å²) in [5, 5.41) is 22.5. The van der Waals surface area contributed by atoms with Gasteiger partial charge in [-0.3, -0.25) is 27.5 Å². The van der Waals surface area contributed by atoms with Crippen LogP contribution in [0.1, 0.15) is 12.5 Å². The Kier molecular flexibility index (Phi) is 7.95. The van der Waals surface area contributed by atoms with Crippen molar-refractivity contribution in [3.63, 3.8) is 0 Å². The maximum atomic E-state index is 13.2. The van der Waals surface area contributed by atoms with E-state index >= 15 is 0 Å². The van der Waals surface area contributed by atoms with E-state index in [-0.39, 0.29) is 21.2 Å². The number of aromatic amines is 1. The van der Waals surface area contributed by atoms with Gasteiger partial charge in [0.15, 0.2) is 23.6 Å². The number of aliphatic hydroxyl groups is 2. The van der Waals surface area contributed by atoms with Crippen molar-refractivity contribution in [3.05, 3.63) is 51.5 Å². The smallest absolute Gasteiger partial charge is 0.387 e. The van der Waals surface area contributed by atoms with Crippen molar-refractivity contribution in [2.75, 3.05) is 13.2 Å². The van der Waals surface area contributed by atoms with E-state index in [0.717, 1.165) is 12.7 Å². The van der Waals surface area contributed by atoms with Crippen molar-refractivity contribution in [2.24, 2.45) is 0 Å². The molecule has 6 heterocycles. The molecule has 0 saturated carbocycles. The van der Waals surface area contributed by atoms with Crippen LogP contribution in [0.3, 0.4) is 0 Å². The first-order valence-corrected chi connectivity index (χ1v) is 16.8. The first-order chi connectivity index (χ1) is 21.3. The number of phosphoric acid groups is 2. The lowest BCUT2D eigenvalue weighted by Crippen LogP contribution is -2.38. The van der Waals surface area contributed by atoms with Crippen LogP contribution in [0.25, 0.3) is 22.2 Å². The minimum Gasteiger partial charge on any atom is -0.387 e. The Hall–Kier alpha value is -2.32. The number of imidazole rings is 2. The van der Waals surface area contributed by atoms with Crippen molar-refractivity contribution in [2.45, 2.75) is 49.1 Å². The Morgan fingerprint density at radius 3 is 2.02 bits per heavy atom. The molecule has 0 aliphatic carbocycles. The quantitative estimate of drug-likeness (QED) is 0.182. The van der Waals surface area contributed by atoms with Crippen LogP contribution < -0.4 is 5.56 Å². The van der Waals surface area contributed by atoms with Gasteiger partial charge in [0.2, 0.25) is 0 Å². The zero-order valence-corrected chi connectivity index (χ0v) is 25.6. The first kappa shape index (κ1) is 31.3. The van der Waals surface area contributed by atoms with Gasteiger partial charge in [-0.25, -0.2) is 24.1 Å². The van der Waals surface area contributed by atoms with Gasteiger partial charge in [0.25, 0.3) is 5.56 Å². The van der Waals surface area contributed by atoms with E-state index in [1.54, 1.807) is 0 Å². The third-order valence-electron chi connectivity index (χ3n) is 7.47. The molecule has 3 aromatic heterocycles. The van der Waals surface area contributed by atoms with Gasteiger partial charge in [-0.2, -0.15) is 0 Å². The van der Waals surface area contributed by atoms with Crippen LogP contribution in [0.15, 0.2) is 35.9 Å². The average Bonchev–Trinajstić information content (AvgIpc) is 3.73. The lowest BCUT2D eigenvalue weighted by atomic mass is 10.1. The molecular weight excluding hydrogens is 689 g/mol. The van der Waals surface area contributed by atoms with Crippen LogP contribution >= 0.6 is 38.8 Å². The maximum absolute atomic E-state index is 13.2. The number of H-pyrrole nitrogens is 1. The van der Waals surface area contributed by atoms with Gasteiger partial charge in [0.05, 0.1) is 53.3 Å². The normalized spacial score (nSPS) is 37.7. The highest BCUT2D eigenvalue weighted by molar-refractivity contribution is 7.47. The molecule has 10 atom stereocenters. The molecule has 1 aromatic carbocycles. The number of phosphoric ester groups is 2. The number of aromatic nitrogens is 6. The largest absolute Gasteiger partial charge is 0.472 e. The summed E-state index contributed by atoms with van der Waals surface area (Å²) in [6.07, 6.45) is -8.93. The van der Waals surface area contributed by atoms with Crippen molar-refractivity contribution in [3.8, 4) is 0 Å². The molecular formula is C22H22Cl2N6O13P2. The highest BCUT2D eigenvalue weighted by atomic mass is 35.5. The van der Waals surface area contributed by atoms with Crippen LogP contribution in [0.4, 0.5) is 0 Å². The second kappa shape index (κ2) is 11.4. The minimum atomic E-state index is -5.06. The SMILES string of the molecule is O=c1[nH]cnc2c1ncn2[C@@H]1O[C@@H]2COP(=O)(O)OC3[C@@H](O)[C@@H](COP(=O)(O)O[C@H]1C2O)O[C@H]3n1cnc2cc(Cl)c(Cl)cc21. The van der Waals surface area contributed by atoms with Gasteiger partial charge in [0, 0.05) is 0 Å². The van der Waals surface area contributed by atoms with E-state index in [9.17, 15) is 33.9 Å². The summed E-state index contributed by atoms with van der Waals surface area (Å²) >= 11 is 12.3. The summed E-state index contributed by atoms with van der Waals surface area (Å²) in [4.78, 5) is 48.1. The number of nitrogens with one attached hydrogen (secondary N) is 1. The average molecular weight is 711 g/mol. The zero-order valence-electron chi connectivity index (χ0n) is 22.3. The molecule has 0 radical (unpaired) electrons. The third-order valence-corrected chi connectivity index (χ3v) is 10.2. The van der Waals surface area contributed by atoms with Gasteiger partial charge in [-0.05, 0) is 12.1 Å². The Morgan fingerprint density at radius 1 is 0.844 bits per heavy atom. The van der Waals surface area contributed by atoms with Crippen LogP contribution in [0.5, 0.6) is 0 Å². The number of hydrogen-bond acceptors (Lipinski definition) is 14. The standard InChI is InChI=1S/C22H22Cl2N6O13P2/c23-8-1-10-11(2-9(8)24)29(6-27-10)21-17-15(31)12(40-21)3-38-45(36,37)43-18-16(32)13(4-39-44(34,35)42-17)41-22(18)30-7-28-14-19(30)25-5-26-20(14)33/h1-2,5-7,12-13,15-18,21-22,31-32H,3-4H2,(H,34,35)(H,36,37)(H,25,26,33)/t12-,13-,15+,16?,17?,18+,21-,22-/m1/s1. The van der Waals surface area contributed by atoms with E-state index in [2.05, 4.69) is 19.9 Å². The number of benzene rings is 1. The van der Waals surface area contributed by atoms with E-state index in [1.807, 2.05) is 0 Å². The molecule has 23 heteroatoms. The Balaban J connectivity index is 1.22. The molecule has 3 saturated heterocycles. The van der Waals surface area contributed by atoms with Gasteiger partial charge in [0.1, 0.15) is 36.6 Å². The monoisotopic (exact) mass is 710 g/mol. The van der Waals surface area contributed by atoms with Crippen LogP contribution in [0, 0.1) is 0 Å². The van der Waals surface area contributed by atoms with Crippen LogP contribution in [0.2, 0.25) is 10.0 Å². The minimum absolute atomic E-state index is 0.0238. The number of fused-ring (bicyclic) bond motifs is 6. The second-order valence-electron chi connectivity index (χ2n) is 10.2. The first-order valence-electron chi connectivity index (χ1n) is 13.0. The molecule has 3 aliphatic heterocycles. The second-order valence-corrected chi connectivity index (χ2v) is 13.9. The van der Waals surface area contributed by atoms with Crippen LogP contribution in [-0.2, 0) is 36.7 Å². The maximum Gasteiger partial charge on any atom is 0.472 e. The van der Waals surface area contributed by atoms with Gasteiger partial charge >= 0.3 is 15.6 Å². The molecule has 4 bridgehead atoms. The fourth-order valence-electron chi connectivity index (χ4n) is 5.37. The van der Waals surface area contributed by atoms with Gasteiger partial charge in [-0.1, -0.05) is 23.2 Å². The Labute approximate surface area is 260 Å². The lowest BCUT2D eigenvalue weighted by molar-refractivity contribution is -0.0674. The summed E-state index contributed by atoms with van der Waals surface area (Å²) < 4.78 is 61.5. The molecule has 19 nitrogen and oxygen atoms in total. The van der Waals surface area contributed by atoms with Gasteiger partial charge in [-0.15, -0.1) is 0 Å². The van der Waals surface area contributed by atoms with Crippen LogP contribution in [-0.4, -0.2) is 98.9 Å².